The minimum atomic E-state index is -1.54. The molecule has 0 radical (unpaired) electrons. The summed E-state index contributed by atoms with van der Waals surface area (Å²) in [5.41, 5.74) is -0.350. The Bertz CT molecular complexity index is 794. The number of benzene rings is 1. The number of amides is 1. The summed E-state index contributed by atoms with van der Waals surface area (Å²) in [6.45, 7) is -0.347. The van der Waals surface area contributed by atoms with E-state index in [-0.39, 0.29) is 18.1 Å². The lowest BCUT2D eigenvalue weighted by molar-refractivity contribution is -0.269. The van der Waals surface area contributed by atoms with Crippen LogP contribution in [0.15, 0.2) is 18.2 Å². The van der Waals surface area contributed by atoms with E-state index >= 15 is 0 Å². The molecule has 1 heterocycles. The number of hydrogen-bond donors (Lipinski definition) is 5. The van der Waals surface area contributed by atoms with E-state index in [2.05, 4.69) is 10.1 Å². The molecule has 2 rings (SSSR count). The SMILES string of the molecule is COC(=O)CCCCCCCCO[C@@H]1OC(CO)[C@@H](O)C(O)C1NC(=O)c1cc(F)ccc1O. The smallest absolute Gasteiger partial charge is 0.305 e. The maximum atomic E-state index is 13.5. The number of halogens is 1. The first kappa shape index (κ1) is 27.9. The monoisotopic (exact) mass is 487 g/mol. The number of rotatable bonds is 13. The highest BCUT2D eigenvalue weighted by Crippen LogP contribution is 2.24. The zero-order valence-corrected chi connectivity index (χ0v) is 19.2. The lowest BCUT2D eigenvalue weighted by Gasteiger charge is -2.42. The minimum Gasteiger partial charge on any atom is -0.507 e. The number of methoxy groups -OCH3 is 1. The Morgan fingerprint density at radius 2 is 1.76 bits per heavy atom. The van der Waals surface area contributed by atoms with Crippen LogP contribution in [-0.2, 0) is 19.0 Å². The molecule has 3 unspecified atom stereocenters. The van der Waals surface area contributed by atoms with Gasteiger partial charge in [-0.25, -0.2) is 4.39 Å². The summed E-state index contributed by atoms with van der Waals surface area (Å²) in [7, 11) is 1.36. The molecule has 11 heteroatoms. The fraction of sp³-hybridized carbons (Fsp3) is 0.652. The molecule has 0 aliphatic carbocycles. The Hall–Kier alpha value is -2.31. The average Bonchev–Trinajstić information content (AvgIpc) is 2.83. The molecule has 1 saturated heterocycles. The molecule has 5 atom stereocenters. The van der Waals surface area contributed by atoms with Crippen LogP contribution in [0.4, 0.5) is 4.39 Å². The van der Waals surface area contributed by atoms with Crippen molar-refractivity contribution in [2.75, 3.05) is 20.3 Å². The van der Waals surface area contributed by atoms with E-state index in [0.29, 0.717) is 12.8 Å². The summed E-state index contributed by atoms with van der Waals surface area (Å²) >= 11 is 0. The molecule has 34 heavy (non-hydrogen) atoms. The molecule has 1 aromatic carbocycles. The number of aliphatic hydroxyl groups excluding tert-OH is 3. The predicted octanol–water partition coefficient (Wildman–Crippen LogP) is 0.989. The Morgan fingerprint density at radius 3 is 2.44 bits per heavy atom. The van der Waals surface area contributed by atoms with Gasteiger partial charge in [0.15, 0.2) is 6.29 Å². The highest BCUT2D eigenvalue weighted by molar-refractivity contribution is 5.97. The van der Waals surface area contributed by atoms with Gasteiger partial charge in [-0.2, -0.15) is 0 Å². The topological polar surface area (TPSA) is 155 Å². The quantitative estimate of drug-likeness (QED) is 0.202. The van der Waals surface area contributed by atoms with E-state index < -0.39 is 54.7 Å². The van der Waals surface area contributed by atoms with Gasteiger partial charge in [-0.1, -0.05) is 25.7 Å². The Kier molecular flexibility index (Phi) is 11.6. The predicted molar refractivity (Wildman–Crippen MR) is 117 cm³/mol. The maximum absolute atomic E-state index is 13.5. The van der Waals surface area contributed by atoms with Crippen LogP contribution in [0.1, 0.15) is 55.3 Å². The summed E-state index contributed by atoms with van der Waals surface area (Å²) in [4.78, 5) is 23.7. The highest BCUT2D eigenvalue weighted by Gasteiger charge is 2.45. The van der Waals surface area contributed by atoms with Crippen molar-refractivity contribution in [2.45, 2.75) is 75.6 Å². The highest BCUT2D eigenvalue weighted by atomic mass is 19.1. The van der Waals surface area contributed by atoms with E-state index in [1.54, 1.807) is 0 Å². The first-order chi connectivity index (χ1) is 16.3. The normalized spacial score (nSPS) is 24.6. The van der Waals surface area contributed by atoms with Gasteiger partial charge in [0, 0.05) is 13.0 Å². The Morgan fingerprint density at radius 1 is 1.09 bits per heavy atom. The summed E-state index contributed by atoms with van der Waals surface area (Å²) in [5, 5.41) is 42.4. The number of aliphatic hydroxyl groups is 3. The molecular weight excluding hydrogens is 453 g/mol. The first-order valence-electron chi connectivity index (χ1n) is 11.4. The number of hydrogen-bond acceptors (Lipinski definition) is 9. The van der Waals surface area contributed by atoms with Gasteiger partial charge in [-0.15, -0.1) is 0 Å². The van der Waals surface area contributed by atoms with Crippen LogP contribution in [0, 0.1) is 5.82 Å². The zero-order chi connectivity index (χ0) is 25.1. The molecule has 0 bridgehead atoms. The van der Waals surface area contributed by atoms with Gasteiger partial charge < -0.3 is 40.0 Å². The number of aromatic hydroxyl groups is 1. The van der Waals surface area contributed by atoms with Gasteiger partial charge in [0.2, 0.25) is 0 Å². The maximum Gasteiger partial charge on any atom is 0.305 e. The minimum absolute atomic E-state index is 0.219. The summed E-state index contributed by atoms with van der Waals surface area (Å²) in [6.07, 6.45) is 0.111. The standard InChI is InChI=1S/C23H34FNO9/c1-32-18(28)8-6-4-2-3-5-7-11-33-23-19(21(30)20(29)17(13-26)34-23)25-22(31)15-12-14(24)9-10-16(15)27/h9-10,12,17,19-21,23,26-27,29-30H,2-8,11,13H2,1H3,(H,25,31)/t17?,19?,20-,21?,23-/m1/s1. The summed E-state index contributed by atoms with van der Waals surface area (Å²) in [6, 6.07) is 1.63. The van der Waals surface area contributed by atoms with Gasteiger partial charge in [0.1, 0.15) is 35.9 Å². The molecule has 1 aromatic rings. The van der Waals surface area contributed by atoms with Crippen LogP contribution in [0.25, 0.3) is 0 Å². The van der Waals surface area contributed by atoms with Crippen molar-refractivity contribution in [1.82, 2.24) is 5.32 Å². The van der Waals surface area contributed by atoms with Crippen LogP contribution >= 0.6 is 0 Å². The van der Waals surface area contributed by atoms with Crippen LogP contribution in [0.5, 0.6) is 5.75 Å². The third-order valence-electron chi connectivity index (χ3n) is 5.67. The van der Waals surface area contributed by atoms with Crippen LogP contribution < -0.4 is 5.32 Å². The van der Waals surface area contributed by atoms with Crippen molar-refractivity contribution < 1.29 is 48.6 Å². The van der Waals surface area contributed by atoms with Crippen molar-refractivity contribution in [2.24, 2.45) is 0 Å². The van der Waals surface area contributed by atoms with E-state index in [9.17, 15) is 34.4 Å². The lowest BCUT2D eigenvalue weighted by Crippen LogP contribution is -2.64. The molecule has 192 valence electrons. The third-order valence-corrected chi connectivity index (χ3v) is 5.67. The second-order valence-electron chi connectivity index (χ2n) is 8.19. The molecule has 0 saturated carbocycles. The zero-order valence-electron chi connectivity index (χ0n) is 19.2. The molecule has 1 amide bonds. The summed E-state index contributed by atoms with van der Waals surface area (Å²) < 4.78 is 29.3. The average molecular weight is 488 g/mol. The van der Waals surface area contributed by atoms with Crippen LogP contribution in [0.2, 0.25) is 0 Å². The van der Waals surface area contributed by atoms with Crippen molar-refractivity contribution in [3.05, 3.63) is 29.6 Å². The molecule has 1 fully saturated rings. The molecule has 0 spiro atoms. The number of carbonyl (C=O) groups excluding carboxylic acids is 2. The van der Waals surface area contributed by atoms with Gasteiger partial charge >= 0.3 is 5.97 Å². The van der Waals surface area contributed by atoms with E-state index in [0.717, 1.165) is 50.3 Å². The van der Waals surface area contributed by atoms with Gasteiger partial charge in [0.25, 0.3) is 5.91 Å². The third kappa shape index (κ3) is 8.17. The molecule has 10 nitrogen and oxygen atoms in total. The van der Waals surface area contributed by atoms with E-state index in [4.69, 9.17) is 9.47 Å². The molecule has 5 N–H and O–H groups in total. The second-order valence-corrected chi connectivity index (χ2v) is 8.19. The van der Waals surface area contributed by atoms with Crippen LogP contribution in [0.3, 0.4) is 0 Å². The van der Waals surface area contributed by atoms with Crippen molar-refractivity contribution in [1.29, 1.82) is 0 Å². The number of nitrogens with one attached hydrogen (secondary N) is 1. The van der Waals surface area contributed by atoms with Crippen molar-refractivity contribution >= 4 is 11.9 Å². The van der Waals surface area contributed by atoms with E-state index in [1.807, 2.05) is 0 Å². The molecule has 0 aromatic heterocycles. The summed E-state index contributed by atoms with van der Waals surface area (Å²) in [5.74, 6) is -2.30. The van der Waals surface area contributed by atoms with Gasteiger partial charge in [-0.3, -0.25) is 9.59 Å². The number of carbonyl (C=O) groups is 2. The van der Waals surface area contributed by atoms with E-state index in [1.165, 1.54) is 7.11 Å². The molecule has 1 aliphatic heterocycles. The lowest BCUT2D eigenvalue weighted by atomic mass is 9.96. The van der Waals surface area contributed by atoms with Crippen molar-refractivity contribution in [3.63, 3.8) is 0 Å². The van der Waals surface area contributed by atoms with Gasteiger partial charge in [0.05, 0.1) is 19.3 Å². The number of ether oxygens (including phenoxy) is 3. The fourth-order valence-electron chi connectivity index (χ4n) is 3.68. The number of phenolic OH excluding ortho intramolecular Hbond substituents is 1. The molecular formula is C23H34FNO9. The largest absolute Gasteiger partial charge is 0.507 e. The first-order valence-corrected chi connectivity index (χ1v) is 11.4. The van der Waals surface area contributed by atoms with Crippen molar-refractivity contribution in [3.8, 4) is 5.75 Å². The number of unbranched alkanes of at least 4 members (excludes halogenated alkanes) is 5. The Labute approximate surface area is 197 Å². The Balaban J connectivity index is 1.87. The fourth-order valence-corrected chi connectivity index (χ4v) is 3.68. The number of esters is 1. The number of phenols is 1. The van der Waals surface area contributed by atoms with Crippen LogP contribution in [-0.4, -0.2) is 83.3 Å². The second kappa shape index (κ2) is 14.2. The van der Waals surface area contributed by atoms with Gasteiger partial charge in [-0.05, 0) is 31.0 Å². The molecule has 1 aliphatic rings.